The Morgan fingerprint density at radius 2 is 0.731 bits per heavy atom. The standard InChI is InChI=1S/C22H30O2S2/c23-25-19(21-7-13-1-14(8-21)3-15(2-13)9-21)20(26-24)22-10-16-4-17(11-22)6-18(5-16)12-22/h13-18H,1-12H2. The van der Waals surface area contributed by atoms with Gasteiger partial charge in [0.15, 0.2) is 0 Å². The fraction of sp³-hybridized carbons (Fsp3) is 0.909. The molecule has 8 rings (SSSR count). The summed E-state index contributed by atoms with van der Waals surface area (Å²) < 4.78 is 25.1. The first-order valence-electron chi connectivity index (χ1n) is 11.0. The summed E-state index contributed by atoms with van der Waals surface area (Å²) in [5.41, 5.74) is 0.189. The van der Waals surface area contributed by atoms with E-state index in [1.807, 2.05) is 0 Å². The fourth-order valence-electron chi connectivity index (χ4n) is 9.51. The molecule has 0 aliphatic heterocycles. The minimum Gasteiger partial charge on any atom is -0.212 e. The van der Waals surface area contributed by atoms with E-state index in [4.69, 9.17) is 0 Å². The summed E-state index contributed by atoms with van der Waals surface area (Å²) in [5, 5.41) is 0. The summed E-state index contributed by atoms with van der Waals surface area (Å²) in [6.45, 7) is 0. The third-order valence-corrected chi connectivity index (χ3v) is 11.1. The molecule has 0 spiro atoms. The van der Waals surface area contributed by atoms with Crippen LogP contribution in [0.25, 0.3) is 0 Å². The van der Waals surface area contributed by atoms with Crippen molar-refractivity contribution >= 4 is 32.2 Å². The lowest BCUT2D eigenvalue weighted by atomic mass is 9.45. The van der Waals surface area contributed by atoms with Crippen molar-refractivity contribution in [2.75, 3.05) is 0 Å². The maximum absolute atomic E-state index is 12.5. The lowest BCUT2D eigenvalue weighted by Gasteiger charge is -2.60. The van der Waals surface area contributed by atoms with Gasteiger partial charge in [-0.2, -0.15) is 0 Å². The Hall–Kier alpha value is -0.220. The molecule has 0 N–H and O–H groups in total. The second-order valence-corrected chi connectivity index (χ2v) is 12.4. The molecule has 142 valence electrons. The zero-order chi connectivity index (χ0) is 17.5. The number of hydrogen-bond donors (Lipinski definition) is 0. The van der Waals surface area contributed by atoms with Crippen LogP contribution in [-0.4, -0.2) is 18.1 Å². The van der Waals surface area contributed by atoms with Gasteiger partial charge < -0.3 is 0 Å². The highest BCUT2D eigenvalue weighted by Gasteiger charge is 2.59. The molecule has 8 aliphatic rings. The zero-order valence-corrected chi connectivity index (χ0v) is 17.2. The third kappa shape index (κ3) is 2.27. The van der Waals surface area contributed by atoms with Gasteiger partial charge in [0.25, 0.3) is 0 Å². The Balaban J connectivity index is 1.41. The van der Waals surface area contributed by atoms with Gasteiger partial charge in [0.05, 0.1) is 32.2 Å². The first-order valence-corrected chi connectivity index (χ1v) is 12.4. The molecule has 4 heteroatoms. The van der Waals surface area contributed by atoms with E-state index < -0.39 is 0 Å². The lowest BCUT2D eigenvalue weighted by Crippen LogP contribution is -2.57. The quantitative estimate of drug-likeness (QED) is 0.677. The van der Waals surface area contributed by atoms with Gasteiger partial charge in [-0.1, -0.05) is 0 Å². The van der Waals surface area contributed by atoms with Crippen LogP contribution in [0.1, 0.15) is 77.0 Å². The maximum atomic E-state index is 12.5. The van der Waals surface area contributed by atoms with Crippen molar-refractivity contribution < 1.29 is 8.42 Å². The molecular formula is C22H30O2S2. The van der Waals surface area contributed by atoms with Crippen molar-refractivity contribution in [1.29, 1.82) is 0 Å². The Bertz CT molecular complexity index is 622. The normalized spacial score (nSPS) is 52.9. The molecule has 8 aliphatic carbocycles. The van der Waals surface area contributed by atoms with Crippen LogP contribution in [0.5, 0.6) is 0 Å². The molecule has 8 saturated carbocycles. The van der Waals surface area contributed by atoms with Crippen LogP contribution in [0.4, 0.5) is 0 Å². The molecule has 8 bridgehead atoms. The largest absolute Gasteiger partial charge is 0.212 e. The van der Waals surface area contributed by atoms with Gasteiger partial charge in [0.1, 0.15) is 0 Å². The fourth-order valence-corrected chi connectivity index (χ4v) is 11.2. The Morgan fingerprint density at radius 1 is 0.500 bits per heavy atom. The molecule has 0 heterocycles. The van der Waals surface area contributed by atoms with E-state index in [2.05, 4.69) is 0 Å². The van der Waals surface area contributed by atoms with Crippen molar-refractivity contribution in [1.82, 2.24) is 0 Å². The predicted molar refractivity (Wildman–Crippen MR) is 108 cm³/mol. The summed E-state index contributed by atoms with van der Waals surface area (Å²) >= 11 is 1.50. The van der Waals surface area contributed by atoms with Crippen molar-refractivity contribution in [3.8, 4) is 0 Å². The van der Waals surface area contributed by atoms with Crippen LogP contribution >= 0.6 is 0 Å². The summed E-state index contributed by atoms with van der Waals surface area (Å²) in [5.74, 6) is 4.99. The van der Waals surface area contributed by atoms with E-state index in [1.54, 1.807) is 0 Å². The van der Waals surface area contributed by atoms with Crippen LogP contribution in [0.3, 0.4) is 0 Å². The first-order chi connectivity index (χ1) is 12.6. The molecule has 0 aromatic carbocycles. The molecular weight excluding hydrogens is 360 g/mol. The van der Waals surface area contributed by atoms with Crippen LogP contribution in [0.2, 0.25) is 0 Å². The zero-order valence-electron chi connectivity index (χ0n) is 15.6. The Kier molecular flexibility index (Phi) is 3.63. The molecule has 26 heavy (non-hydrogen) atoms. The van der Waals surface area contributed by atoms with Crippen LogP contribution in [0.15, 0.2) is 0 Å². The summed E-state index contributed by atoms with van der Waals surface area (Å²) in [6, 6.07) is 0. The van der Waals surface area contributed by atoms with Gasteiger partial charge >= 0.3 is 0 Å². The van der Waals surface area contributed by atoms with E-state index in [9.17, 15) is 8.42 Å². The number of rotatable bonds is 3. The van der Waals surface area contributed by atoms with E-state index >= 15 is 0 Å². The van der Waals surface area contributed by atoms with Crippen molar-refractivity contribution in [2.45, 2.75) is 77.0 Å². The van der Waals surface area contributed by atoms with Gasteiger partial charge in [-0.3, -0.25) is 0 Å². The van der Waals surface area contributed by atoms with Gasteiger partial charge in [0, 0.05) is 10.8 Å². The predicted octanol–water partition coefficient (Wildman–Crippen LogP) is 4.19. The highest BCUT2D eigenvalue weighted by Crippen LogP contribution is 2.64. The van der Waals surface area contributed by atoms with Crippen molar-refractivity contribution in [3.05, 3.63) is 0 Å². The van der Waals surface area contributed by atoms with Crippen LogP contribution in [-0.2, 0) is 22.5 Å². The monoisotopic (exact) mass is 390 g/mol. The maximum Gasteiger partial charge on any atom is 0.0939 e. The summed E-state index contributed by atoms with van der Waals surface area (Å²) in [7, 11) is 0. The minimum atomic E-state index is 0.0945. The smallest absolute Gasteiger partial charge is 0.0939 e. The molecule has 0 amide bonds. The Morgan fingerprint density at radius 3 is 0.923 bits per heavy atom. The molecule has 0 unspecified atom stereocenters. The first kappa shape index (κ1) is 16.7. The van der Waals surface area contributed by atoms with E-state index in [0.717, 1.165) is 67.7 Å². The Labute approximate surface area is 164 Å². The van der Waals surface area contributed by atoms with Gasteiger partial charge in [-0.05, 0) is 113 Å². The second kappa shape index (κ2) is 5.65. The summed E-state index contributed by atoms with van der Waals surface area (Å²) in [6.07, 6.45) is 15.6. The molecule has 0 aromatic rings. The van der Waals surface area contributed by atoms with Crippen molar-refractivity contribution in [2.24, 2.45) is 46.3 Å². The van der Waals surface area contributed by atoms with Gasteiger partial charge in [0.2, 0.25) is 0 Å². The lowest BCUT2D eigenvalue weighted by molar-refractivity contribution is -0.0167. The van der Waals surface area contributed by atoms with Crippen molar-refractivity contribution in [3.63, 3.8) is 0 Å². The van der Waals surface area contributed by atoms with Gasteiger partial charge in [-0.15, -0.1) is 0 Å². The van der Waals surface area contributed by atoms with E-state index in [-0.39, 0.29) is 10.8 Å². The van der Waals surface area contributed by atoms with E-state index in [0.29, 0.717) is 0 Å². The van der Waals surface area contributed by atoms with E-state index in [1.165, 1.54) is 77.0 Å². The molecule has 0 atom stereocenters. The van der Waals surface area contributed by atoms with Gasteiger partial charge in [-0.25, -0.2) is 8.42 Å². The molecule has 0 saturated heterocycles. The SMILES string of the molecule is O=S=C(C(=S=O)C12CC3CC(CC(C3)C1)C2)C12CC3CC(CC(C3)C1)C2. The molecule has 8 fully saturated rings. The highest BCUT2D eigenvalue weighted by atomic mass is 32.1. The topological polar surface area (TPSA) is 34.1 Å². The average Bonchev–Trinajstić information content (AvgIpc) is 2.56. The molecule has 0 aromatic heterocycles. The summed E-state index contributed by atoms with van der Waals surface area (Å²) in [4.78, 5) is 2.11. The molecule has 0 radical (unpaired) electrons. The highest BCUT2D eigenvalue weighted by molar-refractivity contribution is 7.76. The number of hydrogen-bond acceptors (Lipinski definition) is 2. The average molecular weight is 391 g/mol. The van der Waals surface area contributed by atoms with Crippen LogP contribution < -0.4 is 0 Å². The molecule has 2 nitrogen and oxygen atoms in total. The van der Waals surface area contributed by atoms with Crippen LogP contribution in [0, 0.1) is 46.3 Å². The minimum absolute atomic E-state index is 0.0945. The third-order valence-electron chi connectivity index (χ3n) is 9.41. The second-order valence-electron chi connectivity index (χ2n) is 11.2.